The van der Waals surface area contributed by atoms with Gasteiger partial charge in [-0.2, -0.15) is 4.31 Å². The number of nitrogens with zero attached hydrogens (tertiary/aromatic N) is 1. The van der Waals surface area contributed by atoms with Crippen molar-refractivity contribution in [1.29, 1.82) is 0 Å². The standard InChI is InChI=1S/C20H33N3O3S/c1-8-21-20(24)18(7)22-9-11-23(12-10-22)27(25,26)19-16(5)14(3)13(2)15(4)17(19)6/h18H,8-12H2,1-7H3,(H,21,24)/p+1/t18-/m1/s1. The van der Waals surface area contributed by atoms with Gasteiger partial charge in [-0.25, -0.2) is 8.42 Å². The largest absolute Gasteiger partial charge is 0.351 e. The van der Waals surface area contributed by atoms with E-state index in [0.717, 1.165) is 32.7 Å². The number of piperazine rings is 1. The molecule has 1 atom stereocenters. The molecule has 0 bridgehead atoms. The van der Waals surface area contributed by atoms with E-state index in [-0.39, 0.29) is 11.9 Å². The fourth-order valence-electron chi connectivity index (χ4n) is 3.94. The quantitative estimate of drug-likeness (QED) is 0.767. The third kappa shape index (κ3) is 4.05. The number of hydrogen-bond donors (Lipinski definition) is 2. The Morgan fingerprint density at radius 1 is 1.00 bits per heavy atom. The summed E-state index contributed by atoms with van der Waals surface area (Å²) in [6.07, 6.45) is 0. The van der Waals surface area contributed by atoms with E-state index in [2.05, 4.69) is 5.32 Å². The average Bonchev–Trinajstić information content (AvgIpc) is 2.64. The van der Waals surface area contributed by atoms with Gasteiger partial charge in [0.1, 0.15) is 0 Å². The van der Waals surface area contributed by atoms with Crippen molar-refractivity contribution in [3.8, 4) is 0 Å². The number of rotatable bonds is 5. The fourth-order valence-corrected chi connectivity index (χ4v) is 5.94. The maximum Gasteiger partial charge on any atom is 0.278 e. The van der Waals surface area contributed by atoms with Crippen molar-refractivity contribution in [2.45, 2.75) is 59.4 Å². The van der Waals surface area contributed by atoms with Crippen LogP contribution in [0.25, 0.3) is 0 Å². The Morgan fingerprint density at radius 2 is 1.44 bits per heavy atom. The molecule has 1 saturated heterocycles. The lowest BCUT2D eigenvalue weighted by atomic mass is 9.95. The molecule has 2 N–H and O–H groups in total. The summed E-state index contributed by atoms with van der Waals surface area (Å²) >= 11 is 0. The molecule has 152 valence electrons. The number of carbonyl (C=O) groups excluding carboxylic acids is 1. The van der Waals surface area contributed by atoms with Crippen molar-refractivity contribution in [2.24, 2.45) is 0 Å². The highest BCUT2D eigenvalue weighted by Crippen LogP contribution is 2.31. The van der Waals surface area contributed by atoms with E-state index in [0.29, 0.717) is 37.6 Å². The van der Waals surface area contributed by atoms with Crippen LogP contribution in [0.1, 0.15) is 41.7 Å². The van der Waals surface area contributed by atoms with E-state index in [1.807, 2.05) is 48.5 Å². The van der Waals surface area contributed by atoms with Crippen LogP contribution in [0.3, 0.4) is 0 Å². The molecule has 1 amide bonds. The van der Waals surface area contributed by atoms with Crippen molar-refractivity contribution in [3.63, 3.8) is 0 Å². The molecule has 0 radical (unpaired) electrons. The molecule has 1 aliphatic rings. The smallest absolute Gasteiger partial charge is 0.278 e. The molecular weight excluding hydrogens is 362 g/mol. The zero-order valence-corrected chi connectivity index (χ0v) is 18.5. The predicted molar refractivity (Wildman–Crippen MR) is 108 cm³/mol. The van der Waals surface area contributed by atoms with Gasteiger partial charge in [-0.15, -0.1) is 0 Å². The maximum absolute atomic E-state index is 13.4. The summed E-state index contributed by atoms with van der Waals surface area (Å²) in [6, 6.07) is -0.165. The van der Waals surface area contributed by atoms with E-state index in [4.69, 9.17) is 0 Å². The van der Waals surface area contributed by atoms with Gasteiger partial charge in [-0.3, -0.25) is 4.79 Å². The first-order valence-electron chi connectivity index (χ1n) is 9.73. The lowest BCUT2D eigenvalue weighted by Gasteiger charge is -2.35. The number of sulfonamides is 1. The topological polar surface area (TPSA) is 70.9 Å². The molecule has 0 aromatic heterocycles. The number of hydrogen-bond acceptors (Lipinski definition) is 3. The third-order valence-electron chi connectivity index (χ3n) is 6.25. The van der Waals surface area contributed by atoms with Gasteiger partial charge in [0.05, 0.1) is 31.1 Å². The summed E-state index contributed by atoms with van der Waals surface area (Å²) in [5.41, 5.74) is 4.95. The van der Waals surface area contributed by atoms with Gasteiger partial charge in [0.25, 0.3) is 5.91 Å². The molecular formula is C20H34N3O3S+. The van der Waals surface area contributed by atoms with E-state index in [1.165, 1.54) is 0 Å². The second-order valence-corrected chi connectivity index (χ2v) is 9.51. The minimum absolute atomic E-state index is 0.0280. The summed E-state index contributed by atoms with van der Waals surface area (Å²) in [6.45, 7) is 16.4. The molecule has 2 rings (SSSR count). The van der Waals surface area contributed by atoms with Gasteiger partial charge in [0.15, 0.2) is 6.04 Å². The number of benzene rings is 1. The minimum Gasteiger partial charge on any atom is -0.351 e. The molecule has 0 aliphatic carbocycles. The lowest BCUT2D eigenvalue weighted by molar-refractivity contribution is -0.917. The number of likely N-dealkylation sites (N-methyl/N-ethyl adjacent to an activating group) is 1. The number of amides is 1. The Labute approximate surface area is 164 Å². The Kier molecular flexibility index (Phi) is 6.71. The van der Waals surface area contributed by atoms with Gasteiger partial charge in [0, 0.05) is 6.54 Å². The van der Waals surface area contributed by atoms with Crippen molar-refractivity contribution in [2.75, 3.05) is 32.7 Å². The highest BCUT2D eigenvalue weighted by molar-refractivity contribution is 7.89. The fraction of sp³-hybridized carbons (Fsp3) is 0.650. The van der Waals surface area contributed by atoms with Crippen LogP contribution in [0.15, 0.2) is 4.90 Å². The van der Waals surface area contributed by atoms with E-state index in [1.54, 1.807) is 4.31 Å². The van der Waals surface area contributed by atoms with Crippen LogP contribution in [-0.4, -0.2) is 57.4 Å². The highest BCUT2D eigenvalue weighted by Gasteiger charge is 2.36. The van der Waals surface area contributed by atoms with Gasteiger partial charge < -0.3 is 10.2 Å². The minimum atomic E-state index is -3.55. The lowest BCUT2D eigenvalue weighted by Crippen LogP contribution is -3.19. The molecule has 1 fully saturated rings. The van der Waals surface area contributed by atoms with Crippen LogP contribution in [0.5, 0.6) is 0 Å². The van der Waals surface area contributed by atoms with Crippen LogP contribution < -0.4 is 10.2 Å². The first kappa shape index (κ1) is 21.9. The van der Waals surface area contributed by atoms with Gasteiger partial charge in [-0.05, 0) is 76.3 Å². The Bertz CT molecular complexity index is 796. The predicted octanol–water partition coefficient (Wildman–Crippen LogP) is 0.643. The van der Waals surface area contributed by atoms with Crippen LogP contribution in [0.4, 0.5) is 0 Å². The first-order valence-corrected chi connectivity index (χ1v) is 11.2. The Balaban J connectivity index is 2.25. The first-order chi connectivity index (χ1) is 12.5. The second-order valence-electron chi connectivity index (χ2n) is 7.63. The molecule has 6 nitrogen and oxygen atoms in total. The maximum atomic E-state index is 13.4. The second kappa shape index (κ2) is 8.29. The zero-order valence-electron chi connectivity index (χ0n) is 17.7. The Morgan fingerprint density at radius 3 is 1.89 bits per heavy atom. The van der Waals surface area contributed by atoms with Crippen molar-refractivity contribution >= 4 is 15.9 Å². The van der Waals surface area contributed by atoms with Crippen LogP contribution in [-0.2, 0) is 14.8 Å². The van der Waals surface area contributed by atoms with Crippen molar-refractivity contribution in [1.82, 2.24) is 9.62 Å². The summed E-state index contributed by atoms with van der Waals surface area (Å²) in [7, 11) is -3.55. The normalized spacial score (nSPS) is 17.7. The van der Waals surface area contributed by atoms with Crippen molar-refractivity contribution in [3.05, 3.63) is 27.8 Å². The highest BCUT2D eigenvalue weighted by atomic mass is 32.2. The third-order valence-corrected chi connectivity index (χ3v) is 8.42. The summed E-state index contributed by atoms with van der Waals surface area (Å²) < 4.78 is 28.4. The number of quaternary nitrogens is 1. The summed E-state index contributed by atoms with van der Waals surface area (Å²) in [5.74, 6) is 0.0280. The SMILES string of the molecule is CCNC(=O)[C@@H](C)[NH+]1CCN(S(=O)(=O)c2c(C)c(C)c(C)c(C)c2C)CC1. The van der Waals surface area contributed by atoms with Crippen LogP contribution in [0, 0.1) is 34.6 Å². The molecule has 27 heavy (non-hydrogen) atoms. The van der Waals surface area contributed by atoms with Crippen molar-refractivity contribution < 1.29 is 18.1 Å². The van der Waals surface area contributed by atoms with E-state index >= 15 is 0 Å². The van der Waals surface area contributed by atoms with E-state index < -0.39 is 10.0 Å². The molecule has 1 heterocycles. The monoisotopic (exact) mass is 396 g/mol. The van der Waals surface area contributed by atoms with Crippen LogP contribution in [0.2, 0.25) is 0 Å². The van der Waals surface area contributed by atoms with Gasteiger partial charge in [-0.1, -0.05) is 0 Å². The van der Waals surface area contributed by atoms with Gasteiger partial charge >= 0.3 is 0 Å². The average molecular weight is 397 g/mol. The number of nitrogens with one attached hydrogen (secondary N) is 2. The number of carbonyl (C=O) groups is 1. The molecule has 0 spiro atoms. The summed E-state index contributed by atoms with van der Waals surface area (Å²) in [5, 5.41) is 2.85. The van der Waals surface area contributed by atoms with Gasteiger partial charge in [0.2, 0.25) is 10.0 Å². The zero-order chi connectivity index (χ0) is 20.5. The van der Waals surface area contributed by atoms with Crippen LogP contribution >= 0.6 is 0 Å². The summed E-state index contributed by atoms with van der Waals surface area (Å²) in [4.78, 5) is 13.7. The molecule has 7 heteroatoms. The molecule has 1 aromatic rings. The Hall–Kier alpha value is -1.44. The molecule has 0 unspecified atom stereocenters. The molecule has 1 aromatic carbocycles. The molecule has 1 aliphatic heterocycles. The molecule has 0 saturated carbocycles. The van der Waals surface area contributed by atoms with E-state index in [9.17, 15) is 13.2 Å².